The van der Waals surface area contributed by atoms with Crippen molar-refractivity contribution in [3.05, 3.63) is 218 Å². The average Bonchev–Trinajstić information content (AvgIpc) is 3.83. The molecule has 2 nitrogen and oxygen atoms in total. The van der Waals surface area contributed by atoms with E-state index < -0.39 is 0 Å². The standard InChI is InChI=1S/C54H36N2Se/c1-3-11-37(12-4-1)38-19-21-39(22-20-38)40-23-28-44(29-24-40)55(46-32-34-54-50(36-46)48-16-8-10-18-53(48)57-54)45-30-25-41(26-31-45)42-27-33-52-49(35-42)47-15-7-9-17-51(47)56(52)43-13-5-2-6-14-43/h1-36H. The number of aromatic nitrogens is 1. The molecule has 0 aliphatic carbocycles. The normalized spacial score (nSPS) is 11.5. The molecule has 0 radical (unpaired) electrons. The zero-order valence-electron chi connectivity index (χ0n) is 31.1. The van der Waals surface area contributed by atoms with Crippen LogP contribution in [0.1, 0.15) is 0 Å². The van der Waals surface area contributed by atoms with Crippen molar-refractivity contribution in [2.24, 2.45) is 0 Å². The number of para-hydroxylation sites is 2. The summed E-state index contributed by atoms with van der Waals surface area (Å²) in [5.74, 6) is 0. The maximum absolute atomic E-state index is 2.40. The van der Waals surface area contributed by atoms with Gasteiger partial charge in [0.15, 0.2) is 0 Å². The van der Waals surface area contributed by atoms with E-state index in [0.717, 1.165) is 17.1 Å². The molecule has 9 aromatic carbocycles. The van der Waals surface area contributed by atoms with Gasteiger partial charge in [0.1, 0.15) is 0 Å². The van der Waals surface area contributed by atoms with Gasteiger partial charge in [-0.25, -0.2) is 0 Å². The fourth-order valence-electron chi connectivity index (χ4n) is 8.40. The molecule has 268 valence electrons. The van der Waals surface area contributed by atoms with Gasteiger partial charge in [-0.1, -0.05) is 66.7 Å². The minimum absolute atomic E-state index is 0.323. The molecule has 0 fully saturated rings. The van der Waals surface area contributed by atoms with Gasteiger partial charge in [-0.2, -0.15) is 0 Å². The summed E-state index contributed by atoms with van der Waals surface area (Å²) >= 11 is 0.323. The second-order valence-corrected chi connectivity index (χ2v) is 16.8. The van der Waals surface area contributed by atoms with Crippen LogP contribution < -0.4 is 4.90 Å². The van der Waals surface area contributed by atoms with Gasteiger partial charge in [0.05, 0.1) is 11.0 Å². The van der Waals surface area contributed by atoms with Crippen molar-refractivity contribution < 1.29 is 0 Å². The first-order valence-corrected chi connectivity index (χ1v) is 21.1. The van der Waals surface area contributed by atoms with Crippen LogP contribution in [0.5, 0.6) is 0 Å². The Bertz CT molecular complexity index is 3200. The van der Waals surface area contributed by atoms with E-state index in [9.17, 15) is 0 Å². The quantitative estimate of drug-likeness (QED) is 0.146. The smallest absolute Gasteiger partial charge is 0.0617 e. The van der Waals surface area contributed by atoms with E-state index in [1.807, 2.05) is 0 Å². The third-order valence-corrected chi connectivity index (χ3v) is 13.6. The minimum Gasteiger partial charge on any atom is -0.0617 e. The van der Waals surface area contributed by atoms with Gasteiger partial charge in [-0.3, -0.25) is 0 Å². The molecule has 0 aliphatic rings. The Kier molecular flexibility index (Phi) is 8.21. The molecule has 0 spiro atoms. The van der Waals surface area contributed by atoms with Gasteiger partial charge in [0.2, 0.25) is 0 Å². The van der Waals surface area contributed by atoms with Gasteiger partial charge >= 0.3 is 217 Å². The molecule has 2 aromatic heterocycles. The number of rotatable bonds is 7. The predicted molar refractivity (Wildman–Crippen MR) is 244 cm³/mol. The topological polar surface area (TPSA) is 8.17 Å². The van der Waals surface area contributed by atoms with E-state index in [0.29, 0.717) is 14.5 Å². The summed E-state index contributed by atoms with van der Waals surface area (Å²) in [4.78, 5) is 2.40. The Morgan fingerprint density at radius 3 is 1.46 bits per heavy atom. The molecule has 0 N–H and O–H groups in total. The van der Waals surface area contributed by atoms with Crippen molar-refractivity contribution in [1.29, 1.82) is 0 Å². The van der Waals surface area contributed by atoms with Crippen molar-refractivity contribution in [3.63, 3.8) is 0 Å². The molecule has 0 atom stereocenters. The average molecular weight is 792 g/mol. The summed E-state index contributed by atoms with van der Waals surface area (Å²) in [6.45, 7) is 0. The van der Waals surface area contributed by atoms with Crippen molar-refractivity contribution in [2.45, 2.75) is 0 Å². The zero-order valence-corrected chi connectivity index (χ0v) is 32.8. The van der Waals surface area contributed by atoms with Gasteiger partial charge in [-0.15, -0.1) is 0 Å². The van der Waals surface area contributed by atoms with Gasteiger partial charge in [0.25, 0.3) is 0 Å². The van der Waals surface area contributed by atoms with Crippen LogP contribution in [0.2, 0.25) is 0 Å². The van der Waals surface area contributed by atoms with Crippen LogP contribution >= 0.6 is 0 Å². The summed E-state index contributed by atoms with van der Waals surface area (Å²) in [7, 11) is 0. The van der Waals surface area contributed by atoms with Crippen LogP contribution in [0.4, 0.5) is 17.1 Å². The molecule has 57 heavy (non-hydrogen) atoms. The fourth-order valence-corrected chi connectivity index (χ4v) is 10.7. The first kappa shape index (κ1) is 33.4. The van der Waals surface area contributed by atoms with E-state index in [-0.39, 0.29) is 0 Å². The minimum atomic E-state index is 0.323. The summed E-state index contributed by atoms with van der Waals surface area (Å²) < 4.78 is 5.27. The predicted octanol–water partition coefficient (Wildman–Crippen LogP) is 14.6. The van der Waals surface area contributed by atoms with Crippen LogP contribution in [-0.4, -0.2) is 19.1 Å². The number of nitrogens with zero attached hydrogens (tertiary/aromatic N) is 2. The third kappa shape index (κ3) is 5.97. The van der Waals surface area contributed by atoms with Crippen LogP contribution in [-0.2, 0) is 0 Å². The van der Waals surface area contributed by atoms with E-state index in [4.69, 9.17) is 0 Å². The second kappa shape index (κ2) is 14.0. The summed E-state index contributed by atoms with van der Waals surface area (Å²) in [6, 6.07) is 79.8. The van der Waals surface area contributed by atoms with Gasteiger partial charge in [-0.05, 0) is 29.3 Å². The van der Waals surface area contributed by atoms with Crippen LogP contribution in [0, 0.1) is 0 Å². The summed E-state index contributed by atoms with van der Waals surface area (Å²) in [5, 5.41) is 5.23. The first-order chi connectivity index (χ1) is 28.2. The Labute approximate surface area is 337 Å². The number of hydrogen-bond acceptors (Lipinski definition) is 1. The van der Waals surface area contributed by atoms with Crippen LogP contribution in [0.15, 0.2) is 218 Å². The fraction of sp³-hybridized carbons (Fsp3) is 0. The number of anilines is 3. The SMILES string of the molecule is c1ccc(-c2ccc(-c3ccc(N(c4ccc(-c5ccc6c(c5)c5ccccc5n6-c5ccccc5)cc4)c4ccc5[se]c6ccccc6c5c4)cc3)cc2)cc1. The number of hydrogen-bond donors (Lipinski definition) is 0. The second-order valence-electron chi connectivity index (χ2n) is 14.6. The van der Waals surface area contributed by atoms with E-state index in [2.05, 4.69) is 228 Å². The molecule has 0 unspecified atom stereocenters. The molecule has 2 heterocycles. The maximum atomic E-state index is 2.40. The molecule has 0 saturated carbocycles. The Hall–Kier alpha value is -6.90. The van der Waals surface area contributed by atoms with Crippen LogP contribution in [0.3, 0.4) is 0 Å². The summed E-state index contributed by atoms with van der Waals surface area (Å²) in [5.41, 5.74) is 14.3. The molecule has 0 aliphatic heterocycles. The number of benzene rings is 9. The van der Waals surface area contributed by atoms with E-state index in [1.165, 1.54) is 80.2 Å². The molecule has 11 rings (SSSR count). The van der Waals surface area contributed by atoms with E-state index in [1.54, 1.807) is 0 Å². The van der Waals surface area contributed by atoms with E-state index >= 15 is 0 Å². The first-order valence-electron chi connectivity index (χ1n) is 19.4. The Balaban J connectivity index is 0.981. The number of fused-ring (bicyclic) bond motifs is 6. The van der Waals surface area contributed by atoms with Crippen molar-refractivity contribution >= 4 is 72.7 Å². The monoisotopic (exact) mass is 792 g/mol. The Morgan fingerprint density at radius 1 is 0.298 bits per heavy atom. The zero-order chi connectivity index (χ0) is 37.7. The van der Waals surface area contributed by atoms with Gasteiger partial charge in [0, 0.05) is 11.1 Å². The molecule has 3 heteroatoms. The Morgan fingerprint density at radius 2 is 0.772 bits per heavy atom. The molecule has 0 bridgehead atoms. The third-order valence-electron chi connectivity index (χ3n) is 11.2. The van der Waals surface area contributed by atoms with Crippen molar-refractivity contribution in [1.82, 2.24) is 4.57 Å². The molecular weight excluding hydrogens is 756 g/mol. The molecule has 11 aromatic rings. The van der Waals surface area contributed by atoms with Crippen molar-refractivity contribution in [3.8, 4) is 39.1 Å². The van der Waals surface area contributed by atoms with Crippen molar-refractivity contribution in [2.75, 3.05) is 4.90 Å². The van der Waals surface area contributed by atoms with Crippen LogP contribution in [0.25, 0.3) is 80.2 Å². The summed E-state index contributed by atoms with van der Waals surface area (Å²) in [6.07, 6.45) is 0. The molecule has 0 saturated heterocycles. The molecule has 0 amide bonds. The molecular formula is C54H36N2Se. The van der Waals surface area contributed by atoms with Gasteiger partial charge < -0.3 is 4.57 Å².